The third-order valence-electron chi connectivity index (χ3n) is 4.45. The molecular weight excluding hydrogens is 288 g/mol. The Labute approximate surface area is 131 Å². The number of rotatable bonds is 6. The van der Waals surface area contributed by atoms with Crippen LogP contribution in [-0.4, -0.2) is 32.5 Å². The van der Waals surface area contributed by atoms with E-state index >= 15 is 0 Å². The van der Waals surface area contributed by atoms with E-state index in [9.17, 15) is 8.78 Å². The predicted molar refractivity (Wildman–Crippen MR) is 81.7 cm³/mol. The molecule has 5 heteroatoms. The fraction of sp³-hybridized carbons (Fsp3) is 0.647. The maximum absolute atomic E-state index is 13.5. The Morgan fingerprint density at radius 2 is 1.91 bits per heavy atom. The molecule has 22 heavy (non-hydrogen) atoms. The van der Waals surface area contributed by atoms with Crippen LogP contribution >= 0.6 is 0 Å². The van der Waals surface area contributed by atoms with Crippen molar-refractivity contribution in [2.75, 3.05) is 26.9 Å². The van der Waals surface area contributed by atoms with Gasteiger partial charge in [0.1, 0.15) is 0 Å². The molecule has 2 rings (SSSR count). The zero-order valence-electron chi connectivity index (χ0n) is 13.5. The quantitative estimate of drug-likeness (QED) is 0.872. The van der Waals surface area contributed by atoms with Gasteiger partial charge in [-0.1, -0.05) is 19.9 Å². The van der Waals surface area contributed by atoms with Crippen LogP contribution in [0, 0.1) is 17.6 Å². The van der Waals surface area contributed by atoms with Gasteiger partial charge in [0.05, 0.1) is 5.60 Å². The molecule has 0 unspecified atom stereocenters. The lowest BCUT2D eigenvalue weighted by Gasteiger charge is -2.38. The Kier molecular flexibility index (Phi) is 5.89. The maximum Gasteiger partial charge on any atom is 0.159 e. The van der Waals surface area contributed by atoms with Crippen molar-refractivity contribution >= 4 is 0 Å². The van der Waals surface area contributed by atoms with E-state index in [0.717, 1.165) is 18.4 Å². The zero-order chi connectivity index (χ0) is 16.2. The van der Waals surface area contributed by atoms with Crippen LogP contribution in [0.2, 0.25) is 0 Å². The molecule has 1 aliphatic rings. The monoisotopic (exact) mass is 313 g/mol. The lowest BCUT2D eigenvalue weighted by Crippen LogP contribution is -2.48. The van der Waals surface area contributed by atoms with Crippen LogP contribution in [0.5, 0.6) is 0 Å². The number of nitrogens with one attached hydrogen (secondary N) is 1. The van der Waals surface area contributed by atoms with Crippen LogP contribution in [0.15, 0.2) is 18.2 Å². The van der Waals surface area contributed by atoms with E-state index in [1.54, 1.807) is 13.2 Å². The van der Waals surface area contributed by atoms with Gasteiger partial charge in [0.25, 0.3) is 0 Å². The van der Waals surface area contributed by atoms with Crippen molar-refractivity contribution in [1.29, 1.82) is 0 Å². The van der Waals surface area contributed by atoms with E-state index in [2.05, 4.69) is 19.2 Å². The number of ether oxygens (including phenoxy) is 2. The molecule has 1 aromatic carbocycles. The van der Waals surface area contributed by atoms with Gasteiger partial charge in [0, 0.05) is 45.8 Å². The van der Waals surface area contributed by atoms with E-state index < -0.39 is 11.6 Å². The molecule has 1 heterocycles. The summed E-state index contributed by atoms with van der Waals surface area (Å²) in [6.45, 7) is 6.15. The molecule has 1 aromatic rings. The second kappa shape index (κ2) is 7.49. The molecule has 0 saturated carbocycles. The Morgan fingerprint density at radius 1 is 1.23 bits per heavy atom. The highest BCUT2D eigenvalue weighted by Gasteiger charge is 2.33. The van der Waals surface area contributed by atoms with Crippen molar-refractivity contribution in [1.82, 2.24) is 5.32 Å². The standard InChI is InChI=1S/C17H25F2NO2/c1-12(2)16(13-4-5-14(18)15(19)10-13)20-11-17(21-3)6-8-22-9-7-17/h4-5,10,12,16,20H,6-9,11H2,1-3H3/t16-/m1/s1. The Balaban J connectivity index is 2.09. The highest BCUT2D eigenvalue weighted by atomic mass is 19.2. The first-order valence-corrected chi connectivity index (χ1v) is 7.79. The van der Waals surface area contributed by atoms with E-state index in [1.165, 1.54) is 12.1 Å². The molecule has 3 nitrogen and oxygen atoms in total. The summed E-state index contributed by atoms with van der Waals surface area (Å²) in [7, 11) is 1.72. The molecule has 0 radical (unpaired) electrons. The molecule has 0 amide bonds. The summed E-state index contributed by atoms with van der Waals surface area (Å²) >= 11 is 0. The van der Waals surface area contributed by atoms with Gasteiger partial charge in [-0.25, -0.2) is 8.78 Å². The third-order valence-corrected chi connectivity index (χ3v) is 4.45. The van der Waals surface area contributed by atoms with Crippen LogP contribution in [0.1, 0.15) is 38.3 Å². The van der Waals surface area contributed by atoms with Crippen molar-refractivity contribution in [3.05, 3.63) is 35.4 Å². The second-order valence-corrected chi connectivity index (χ2v) is 6.28. The Hall–Kier alpha value is -1.04. The summed E-state index contributed by atoms with van der Waals surface area (Å²) in [4.78, 5) is 0. The van der Waals surface area contributed by atoms with E-state index in [4.69, 9.17) is 9.47 Å². The first-order chi connectivity index (χ1) is 10.5. The van der Waals surface area contributed by atoms with E-state index in [1.807, 2.05) is 0 Å². The molecule has 0 bridgehead atoms. The molecule has 0 aromatic heterocycles. The largest absolute Gasteiger partial charge is 0.381 e. The van der Waals surface area contributed by atoms with Gasteiger partial charge in [-0.3, -0.25) is 0 Å². The summed E-state index contributed by atoms with van der Waals surface area (Å²) < 4.78 is 37.7. The zero-order valence-corrected chi connectivity index (χ0v) is 13.5. The summed E-state index contributed by atoms with van der Waals surface area (Å²) in [6, 6.07) is 4.04. The lowest BCUT2D eigenvalue weighted by atomic mass is 9.91. The molecular formula is C17H25F2NO2. The van der Waals surface area contributed by atoms with Gasteiger partial charge < -0.3 is 14.8 Å². The van der Waals surface area contributed by atoms with Crippen LogP contribution in [0.3, 0.4) is 0 Å². The molecule has 1 saturated heterocycles. The number of methoxy groups -OCH3 is 1. The van der Waals surface area contributed by atoms with Gasteiger partial charge in [-0.15, -0.1) is 0 Å². The minimum atomic E-state index is -0.816. The fourth-order valence-electron chi connectivity index (χ4n) is 2.94. The lowest BCUT2D eigenvalue weighted by molar-refractivity contribution is -0.0892. The minimum absolute atomic E-state index is 0.0510. The van der Waals surface area contributed by atoms with Gasteiger partial charge in [-0.05, 0) is 23.6 Å². The third kappa shape index (κ3) is 4.03. The van der Waals surface area contributed by atoms with E-state index in [-0.39, 0.29) is 17.6 Å². The highest BCUT2D eigenvalue weighted by Crippen LogP contribution is 2.28. The fourth-order valence-corrected chi connectivity index (χ4v) is 2.94. The van der Waals surface area contributed by atoms with Crippen molar-refractivity contribution in [3.8, 4) is 0 Å². The van der Waals surface area contributed by atoms with Crippen LogP contribution in [-0.2, 0) is 9.47 Å². The normalized spacial score (nSPS) is 19.4. The van der Waals surface area contributed by atoms with Crippen molar-refractivity contribution < 1.29 is 18.3 Å². The molecule has 1 atom stereocenters. The summed E-state index contributed by atoms with van der Waals surface area (Å²) in [5, 5.41) is 3.47. The molecule has 0 aliphatic carbocycles. The predicted octanol–water partition coefficient (Wildman–Crippen LogP) is 3.45. The number of hydrogen-bond acceptors (Lipinski definition) is 3. The van der Waals surface area contributed by atoms with Crippen molar-refractivity contribution in [3.63, 3.8) is 0 Å². The summed E-state index contributed by atoms with van der Waals surface area (Å²) in [6.07, 6.45) is 1.66. The van der Waals surface area contributed by atoms with Gasteiger partial charge >= 0.3 is 0 Å². The van der Waals surface area contributed by atoms with Crippen LogP contribution < -0.4 is 5.32 Å². The SMILES string of the molecule is COC1(CN[C@@H](c2ccc(F)c(F)c2)C(C)C)CCOCC1. The minimum Gasteiger partial charge on any atom is -0.381 e. The Morgan fingerprint density at radius 3 is 2.45 bits per heavy atom. The number of halogens is 2. The topological polar surface area (TPSA) is 30.5 Å². The average Bonchev–Trinajstić information content (AvgIpc) is 2.51. The second-order valence-electron chi connectivity index (χ2n) is 6.28. The van der Waals surface area contributed by atoms with Crippen LogP contribution in [0.25, 0.3) is 0 Å². The molecule has 1 fully saturated rings. The van der Waals surface area contributed by atoms with Crippen LogP contribution in [0.4, 0.5) is 8.78 Å². The smallest absolute Gasteiger partial charge is 0.159 e. The highest BCUT2D eigenvalue weighted by molar-refractivity contribution is 5.22. The molecule has 124 valence electrons. The summed E-state index contributed by atoms with van der Waals surface area (Å²) in [5.41, 5.74) is 0.511. The number of hydrogen-bond donors (Lipinski definition) is 1. The molecule has 0 spiro atoms. The van der Waals surface area contributed by atoms with E-state index in [0.29, 0.717) is 19.8 Å². The average molecular weight is 313 g/mol. The maximum atomic E-state index is 13.5. The van der Waals surface area contributed by atoms with Gasteiger partial charge in [0.2, 0.25) is 0 Å². The first kappa shape index (κ1) is 17.3. The van der Waals surface area contributed by atoms with Crippen molar-refractivity contribution in [2.45, 2.75) is 38.3 Å². The molecule has 1 aliphatic heterocycles. The molecule has 1 N–H and O–H groups in total. The van der Waals surface area contributed by atoms with Gasteiger partial charge in [0.15, 0.2) is 11.6 Å². The number of benzene rings is 1. The Bertz CT molecular complexity index is 488. The van der Waals surface area contributed by atoms with Crippen molar-refractivity contribution in [2.24, 2.45) is 5.92 Å². The summed E-state index contributed by atoms with van der Waals surface area (Å²) in [5.74, 6) is -1.37. The first-order valence-electron chi connectivity index (χ1n) is 7.79. The van der Waals surface area contributed by atoms with Gasteiger partial charge in [-0.2, -0.15) is 0 Å².